The summed E-state index contributed by atoms with van der Waals surface area (Å²) in [5.74, 6) is -44.5. The average Bonchev–Trinajstić information content (AvgIpc) is 2.56. The zero-order valence-corrected chi connectivity index (χ0v) is 19.7. The Morgan fingerprint density at radius 1 is 0.270 bits per heavy atom. The Balaban J connectivity index is 6.78. The van der Waals surface area contributed by atoms with Crippen LogP contribution in [0.4, 0.5) is 96.6 Å². The van der Waals surface area contributed by atoms with Crippen molar-refractivity contribution in [2.24, 2.45) is 0 Å². The van der Waals surface area contributed by atoms with Gasteiger partial charge in [0.1, 0.15) is 0 Å². The van der Waals surface area contributed by atoms with E-state index in [1.54, 1.807) is 0 Å². The summed E-state index contributed by atoms with van der Waals surface area (Å²) in [5, 5.41) is 0. The van der Waals surface area contributed by atoms with Crippen LogP contribution in [0.2, 0.25) is 0 Å². The van der Waals surface area contributed by atoms with E-state index in [9.17, 15) is 96.6 Å². The summed E-state index contributed by atoms with van der Waals surface area (Å²) in [6.07, 6.45) is -30.3. The van der Waals surface area contributed by atoms with E-state index in [0.717, 1.165) is 0 Å². The molecule has 0 heterocycles. The van der Waals surface area contributed by atoms with Gasteiger partial charge in [-0.15, -0.1) is 0 Å². The van der Waals surface area contributed by atoms with E-state index >= 15 is 0 Å². The van der Waals surface area contributed by atoms with Gasteiger partial charge in [-0.05, 0) is 0 Å². The fraction of sp³-hybridized carbons (Fsp3) is 1.00. The summed E-state index contributed by atoms with van der Waals surface area (Å²) in [6.45, 7) is 0. The summed E-state index contributed by atoms with van der Waals surface area (Å²) in [7, 11) is 0. The van der Waals surface area contributed by atoms with Crippen molar-refractivity contribution in [1.29, 1.82) is 0 Å². The molecule has 0 aromatic carbocycles. The first-order valence-electron chi connectivity index (χ1n) is 7.35. The first-order valence-corrected chi connectivity index (χ1v) is 9.51. The van der Waals surface area contributed by atoms with E-state index in [0.29, 0.717) is 0 Å². The summed E-state index contributed by atoms with van der Waals surface area (Å²) in [4.78, 5) is 0. The highest BCUT2D eigenvalue weighted by atomic mass is 127. The van der Waals surface area contributed by atoms with Crippen LogP contribution in [0.5, 0.6) is 0 Å². The van der Waals surface area contributed by atoms with Gasteiger partial charge in [0.25, 0.3) is 0 Å². The van der Waals surface area contributed by atoms with Crippen LogP contribution >= 0.6 is 45.2 Å². The van der Waals surface area contributed by atoms with Gasteiger partial charge in [-0.2, -0.15) is 96.6 Å². The number of rotatable bonds is 12. The third kappa shape index (κ3) is 5.84. The molecule has 37 heavy (non-hydrogen) atoms. The number of alkyl halides is 24. The average molecular weight is 836 g/mol. The van der Waals surface area contributed by atoms with E-state index < -0.39 is 107 Å². The lowest BCUT2D eigenvalue weighted by Gasteiger charge is -2.42. The van der Waals surface area contributed by atoms with Crippen molar-refractivity contribution in [3.8, 4) is 0 Å². The van der Waals surface area contributed by atoms with Gasteiger partial charge in [0, 0.05) is 45.2 Å². The van der Waals surface area contributed by atoms with Crippen LogP contribution in [-0.2, 0) is 9.47 Å². The van der Waals surface area contributed by atoms with Crippen molar-refractivity contribution in [3.05, 3.63) is 0 Å². The second-order valence-electron chi connectivity index (χ2n) is 6.14. The van der Waals surface area contributed by atoms with E-state index in [1.165, 1.54) is 9.47 Å². The largest absolute Gasteiger partial charge is 0.433 e. The lowest BCUT2D eigenvalue weighted by atomic mass is 9.93. The number of hydrogen-bond donors (Lipinski definition) is 0. The minimum absolute atomic E-state index is 0.881. The van der Waals surface area contributed by atoms with Gasteiger partial charge in [-0.25, -0.2) is 9.47 Å². The third-order valence-electron chi connectivity index (χ3n) is 3.48. The van der Waals surface area contributed by atoms with Gasteiger partial charge >= 0.3 is 61.9 Å². The Morgan fingerprint density at radius 2 is 0.432 bits per heavy atom. The molecular weight excluding hydrogens is 836 g/mol. The maximum absolute atomic E-state index is 13.5. The molecule has 0 saturated heterocycles. The number of ether oxygens (including phenoxy) is 2. The predicted octanol–water partition coefficient (Wildman–Crippen LogP) is 8.62. The second kappa shape index (κ2) is 9.45. The molecule has 224 valence electrons. The first-order chi connectivity index (χ1) is 15.4. The highest BCUT2D eigenvalue weighted by molar-refractivity contribution is 14.1. The molecule has 0 rings (SSSR count). The maximum atomic E-state index is 13.5. The molecule has 2 nitrogen and oxygen atoms in total. The van der Waals surface area contributed by atoms with Crippen LogP contribution < -0.4 is 0 Å². The molecule has 0 spiro atoms. The fourth-order valence-corrected chi connectivity index (χ4v) is 1.74. The molecule has 0 saturated carbocycles. The predicted molar refractivity (Wildman–Crippen MR) is 84.6 cm³/mol. The normalized spacial score (nSPS) is 16.9. The third-order valence-corrected chi connectivity index (χ3v) is 4.74. The van der Waals surface area contributed by atoms with Crippen LogP contribution in [0.15, 0.2) is 0 Å². The summed E-state index contributed by atoms with van der Waals surface area (Å²) < 4.78 is 278. The SMILES string of the molecule is FC(F)(I)C(F)(F)OC(F)(F)C(F)(F)C(F)(F)C(F)(F)C(F)(F)C(F)(F)C(F)(F)OC(F)(F)C(F)(F)I. The summed E-state index contributed by atoms with van der Waals surface area (Å²) in [5.41, 5.74) is 0. The number of hydrogen-bond acceptors (Lipinski definition) is 2. The van der Waals surface area contributed by atoms with Gasteiger partial charge in [0.2, 0.25) is 0 Å². The zero-order valence-electron chi connectivity index (χ0n) is 15.4. The highest BCUT2D eigenvalue weighted by Crippen LogP contribution is 2.64. The Hall–Kier alpha value is -0.160. The summed E-state index contributed by atoms with van der Waals surface area (Å²) >= 11 is -1.76. The molecule has 0 aliphatic carbocycles. The lowest BCUT2D eigenvalue weighted by molar-refractivity contribution is -0.516. The van der Waals surface area contributed by atoms with E-state index in [4.69, 9.17) is 0 Å². The molecule has 0 unspecified atom stereocenters. The van der Waals surface area contributed by atoms with E-state index in [2.05, 4.69) is 0 Å². The zero-order chi connectivity index (χ0) is 30.9. The molecule has 0 N–H and O–H groups in total. The minimum Gasteiger partial charge on any atom is -0.245 e. The van der Waals surface area contributed by atoms with Crippen LogP contribution in [0.25, 0.3) is 0 Å². The molecule has 0 aliphatic rings. The molecule has 26 heteroatoms. The fourth-order valence-electron chi connectivity index (χ4n) is 1.52. The van der Waals surface area contributed by atoms with Crippen molar-refractivity contribution < 1.29 is 106 Å². The molecule has 0 atom stereocenters. The smallest absolute Gasteiger partial charge is 0.245 e. The Morgan fingerprint density at radius 3 is 0.595 bits per heavy atom. The van der Waals surface area contributed by atoms with E-state index in [-0.39, 0.29) is 0 Å². The van der Waals surface area contributed by atoms with Crippen molar-refractivity contribution >= 4 is 45.2 Å². The summed E-state index contributed by atoms with van der Waals surface area (Å²) in [6, 6.07) is 0. The van der Waals surface area contributed by atoms with Crippen LogP contribution in [-0.4, -0.2) is 61.9 Å². The molecule has 0 aromatic heterocycles. The number of halogens is 24. The molecule has 0 bridgehead atoms. The topological polar surface area (TPSA) is 18.5 Å². The molecular formula is C11F22I2O2. The Labute approximate surface area is 213 Å². The van der Waals surface area contributed by atoms with Gasteiger partial charge in [-0.3, -0.25) is 0 Å². The standard InChI is InChI=1S/C11F22I2O2/c12-1(13,2(14,15)4(18,19)8(26,27)36-10(30,31)6(22,23)34)3(16,17)5(20,21)9(28,29)37-11(32,33)7(24,25)35. The molecule has 0 radical (unpaired) electrons. The maximum Gasteiger partial charge on any atom is 0.433 e. The minimum atomic E-state index is -9.07. The van der Waals surface area contributed by atoms with Gasteiger partial charge < -0.3 is 0 Å². The van der Waals surface area contributed by atoms with Crippen LogP contribution in [0, 0.1) is 0 Å². The first kappa shape index (κ1) is 36.8. The van der Waals surface area contributed by atoms with Crippen LogP contribution in [0.1, 0.15) is 0 Å². The monoisotopic (exact) mass is 836 g/mol. The van der Waals surface area contributed by atoms with Crippen LogP contribution in [0.3, 0.4) is 0 Å². The van der Waals surface area contributed by atoms with Gasteiger partial charge in [0.05, 0.1) is 0 Å². The Bertz CT molecular complexity index is 759. The highest BCUT2D eigenvalue weighted by Gasteiger charge is 2.94. The van der Waals surface area contributed by atoms with Crippen molar-refractivity contribution in [2.45, 2.75) is 61.9 Å². The van der Waals surface area contributed by atoms with Crippen molar-refractivity contribution in [2.75, 3.05) is 0 Å². The van der Waals surface area contributed by atoms with Crippen molar-refractivity contribution in [1.82, 2.24) is 0 Å². The van der Waals surface area contributed by atoms with Crippen molar-refractivity contribution in [3.63, 3.8) is 0 Å². The molecule has 0 amide bonds. The molecule has 0 aliphatic heterocycles. The quantitative estimate of drug-likeness (QED) is 0.112. The Kier molecular flexibility index (Phi) is 9.41. The van der Waals surface area contributed by atoms with Gasteiger partial charge in [-0.1, -0.05) is 0 Å². The lowest BCUT2D eigenvalue weighted by Crippen LogP contribution is -2.74. The van der Waals surface area contributed by atoms with E-state index in [1.807, 2.05) is 0 Å². The second-order valence-corrected chi connectivity index (χ2v) is 8.85. The molecule has 0 fully saturated rings. The van der Waals surface area contributed by atoms with Gasteiger partial charge in [0.15, 0.2) is 0 Å². The molecule has 0 aromatic rings.